The number of hydrogen-bond acceptors (Lipinski definition) is 5. The topological polar surface area (TPSA) is 85.4 Å². The van der Waals surface area contributed by atoms with E-state index in [-0.39, 0.29) is 17.6 Å². The van der Waals surface area contributed by atoms with Gasteiger partial charge in [0.25, 0.3) is 5.91 Å². The molecule has 1 radical (unpaired) electrons. The minimum Gasteiger partial charge on any atom is -0.536 e. The first kappa shape index (κ1) is 28.6. The van der Waals surface area contributed by atoms with Crippen LogP contribution in [0.5, 0.6) is 5.75 Å². The third-order valence-electron chi connectivity index (χ3n) is 6.83. The molecular formula is C31H31FN4O3Si+. The van der Waals surface area contributed by atoms with E-state index in [1.165, 1.54) is 12.1 Å². The predicted octanol–water partition coefficient (Wildman–Crippen LogP) is 3.88. The number of hydrogen-bond donors (Lipinski definition) is 1. The van der Waals surface area contributed by atoms with Crippen molar-refractivity contribution < 1.29 is 23.0 Å². The number of aryl methyl sites for hydroxylation is 2. The number of nitrogens with zero attached hydrogens (tertiary/aromatic N) is 3. The van der Waals surface area contributed by atoms with Gasteiger partial charge in [-0.2, -0.15) is 9.84 Å². The average molecular weight is 555 g/mol. The standard InChI is InChI=1S/C31H30FN4O3Si/c1-5-30(37)36-15-14-35(19-23(36)4)20-40(28-13-7-22(3)29(32)17-28)39-27-11-8-24(9-12-27)31(38)34-26-10-6-21(2)25(16-26)18-33/h5-13,16-17H,1,14-15,19-20H2,2-4H3/p+1. The predicted molar refractivity (Wildman–Crippen MR) is 155 cm³/mol. The average Bonchev–Trinajstić information content (AvgIpc) is 2.95. The lowest BCUT2D eigenvalue weighted by Crippen LogP contribution is -2.53. The summed E-state index contributed by atoms with van der Waals surface area (Å²) in [5, 5.41) is 12.9. The minimum atomic E-state index is -1.75. The molecule has 0 aromatic heterocycles. The molecule has 2 amide bonds. The van der Waals surface area contributed by atoms with E-state index < -0.39 is 9.04 Å². The fourth-order valence-corrected chi connectivity index (χ4v) is 6.47. The molecule has 0 fully saturated rings. The molecular weight excluding hydrogens is 523 g/mol. The maximum absolute atomic E-state index is 14.5. The molecule has 0 atom stereocenters. The third kappa shape index (κ3) is 6.78. The first-order valence-corrected chi connectivity index (χ1v) is 14.5. The van der Waals surface area contributed by atoms with Crippen molar-refractivity contribution in [2.24, 2.45) is 0 Å². The van der Waals surface area contributed by atoms with Gasteiger partial charge in [0.2, 0.25) is 0 Å². The SMILES string of the molecule is C=CC(=O)[N+]1=C(C)CN(C[Si](Oc2ccc(C(=O)Nc3ccc(C)c(C#N)c3)cc2)c2ccc(C)c(F)c2)CC1. The lowest BCUT2D eigenvalue weighted by molar-refractivity contribution is -0.451. The van der Waals surface area contributed by atoms with E-state index in [2.05, 4.69) is 22.9 Å². The van der Waals surface area contributed by atoms with Gasteiger partial charge in [0.15, 0.2) is 12.3 Å². The molecule has 1 aliphatic heterocycles. The zero-order valence-electron chi connectivity index (χ0n) is 22.8. The Hall–Kier alpha value is -4.39. The third-order valence-corrected chi connectivity index (χ3v) is 9.00. The molecule has 3 aromatic rings. The molecule has 0 saturated carbocycles. The first-order chi connectivity index (χ1) is 19.2. The van der Waals surface area contributed by atoms with Crippen LogP contribution in [-0.4, -0.2) is 61.8 Å². The summed E-state index contributed by atoms with van der Waals surface area (Å²) >= 11 is 0. The minimum absolute atomic E-state index is 0.114. The molecule has 3 aromatic carbocycles. The molecule has 0 spiro atoms. The van der Waals surface area contributed by atoms with Gasteiger partial charge in [0.1, 0.15) is 11.6 Å². The van der Waals surface area contributed by atoms with Gasteiger partial charge in [-0.3, -0.25) is 9.69 Å². The summed E-state index contributed by atoms with van der Waals surface area (Å²) in [6.07, 6.45) is 1.90. The Morgan fingerprint density at radius 2 is 1.85 bits per heavy atom. The van der Waals surface area contributed by atoms with Crippen molar-refractivity contribution in [3.63, 3.8) is 0 Å². The quantitative estimate of drug-likeness (QED) is 0.260. The molecule has 0 unspecified atom stereocenters. The largest absolute Gasteiger partial charge is 0.536 e. The van der Waals surface area contributed by atoms with Gasteiger partial charge in [-0.1, -0.05) is 24.8 Å². The second-order valence-electron chi connectivity index (χ2n) is 9.75. The number of benzene rings is 3. The molecule has 1 N–H and O–H groups in total. The van der Waals surface area contributed by atoms with Crippen LogP contribution < -0.4 is 14.9 Å². The summed E-state index contributed by atoms with van der Waals surface area (Å²) in [6, 6.07) is 19.3. The van der Waals surface area contributed by atoms with E-state index in [0.717, 1.165) is 16.5 Å². The van der Waals surface area contributed by atoms with Gasteiger partial charge in [-0.25, -0.2) is 9.18 Å². The van der Waals surface area contributed by atoms with Gasteiger partial charge >= 0.3 is 14.9 Å². The number of halogens is 1. The lowest BCUT2D eigenvalue weighted by atomic mass is 10.1. The second-order valence-corrected chi connectivity index (χ2v) is 11.7. The van der Waals surface area contributed by atoms with Crippen LogP contribution in [0.2, 0.25) is 0 Å². The van der Waals surface area contributed by atoms with E-state index in [9.17, 15) is 19.2 Å². The van der Waals surface area contributed by atoms with Gasteiger partial charge in [0, 0.05) is 30.4 Å². The van der Waals surface area contributed by atoms with Crippen LogP contribution in [0, 0.1) is 31.0 Å². The van der Waals surface area contributed by atoms with Crippen molar-refractivity contribution >= 4 is 37.4 Å². The van der Waals surface area contributed by atoms with Crippen molar-refractivity contribution in [3.8, 4) is 11.8 Å². The Labute approximate surface area is 235 Å². The Bertz CT molecular complexity index is 1530. The summed E-state index contributed by atoms with van der Waals surface area (Å²) in [5.41, 5.74) is 3.82. The fraction of sp³-hybridized carbons (Fsp3) is 0.226. The van der Waals surface area contributed by atoms with Gasteiger partial charge in [-0.15, -0.1) is 0 Å². The lowest BCUT2D eigenvalue weighted by Gasteiger charge is -2.28. The summed E-state index contributed by atoms with van der Waals surface area (Å²) in [5.74, 6) is -0.120. The van der Waals surface area contributed by atoms with Crippen molar-refractivity contribution in [1.82, 2.24) is 4.90 Å². The summed E-state index contributed by atoms with van der Waals surface area (Å²) in [7, 11) is -1.75. The Morgan fingerprint density at radius 3 is 2.50 bits per heavy atom. The van der Waals surface area contributed by atoms with Crippen LogP contribution in [0.15, 0.2) is 73.3 Å². The van der Waals surface area contributed by atoms with Gasteiger partial charge < -0.3 is 9.74 Å². The molecule has 0 aliphatic carbocycles. The monoisotopic (exact) mass is 554 g/mol. The van der Waals surface area contributed by atoms with Crippen molar-refractivity contribution in [1.29, 1.82) is 5.26 Å². The number of amides is 2. The normalized spacial score (nSPS) is 13.6. The Morgan fingerprint density at radius 1 is 1.12 bits per heavy atom. The van der Waals surface area contributed by atoms with E-state index in [4.69, 9.17) is 4.43 Å². The van der Waals surface area contributed by atoms with Gasteiger partial charge in [0.05, 0.1) is 24.7 Å². The summed E-state index contributed by atoms with van der Waals surface area (Å²) in [4.78, 5) is 27.1. The Balaban J connectivity index is 1.50. The number of nitrogens with one attached hydrogen (secondary N) is 1. The van der Waals surface area contributed by atoms with Crippen LogP contribution in [0.3, 0.4) is 0 Å². The number of anilines is 1. The molecule has 1 aliphatic rings. The second kappa shape index (κ2) is 12.6. The Kier molecular flexibility index (Phi) is 9.04. The number of carbonyl (C=O) groups excluding carboxylic acids is 2. The van der Waals surface area contributed by atoms with Crippen molar-refractivity contribution in [2.45, 2.75) is 20.8 Å². The zero-order chi connectivity index (χ0) is 28.8. The van der Waals surface area contributed by atoms with E-state index >= 15 is 0 Å². The highest BCUT2D eigenvalue weighted by atomic mass is 28.3. The number of rotatable bonds is 8. The first-order valence-electron chi connectivity index (χ1n) is 12.9. The van der Waals surface area contributed by atoms with Crippen molar-refractivity contribution in [2.75, 3.05) is 31.1 Å². The summed E-state index contributed by atoms with van der Waals surface area (Å²) < 4.78 is 22.7. The van der Waals surface area contributed by atoms with E-state index in [1.807, 2.05) is 19.9 Å². The smallest absolute Gasteiger partial charge is 0.411 e. The number of carbonyl (C=O) groups is 2. The number of nitriles is 1. The highest BCUT2D eigenvalue weighted by Crippen LogP contribution is 2.18. The molecule has 0 bridgehead atoms. The van der Waals surface area contributed by atoms with Gasteiger partial charge in [-0.05, 0) is 72.6 Å². The molecule has 40 heavy (non-hydrogen) atoms. The highest BCUT2D eigenvalue weighted by Gasteiger charge is 2.30. The van der Waals surface area contributed by atoms with E-state index in [1.54, 1.807) is 60.0 Å². The molecule has 0 saturated heterocycles. The molecule has 1 heterocycles. The molecule has 9 heteroatoms. The highest BCUT2D eigenvalue weighted by molar-refractivity contribution is 6.68. The summed E-state index contributed by atoms with van der Waals surface area (Å²) in [6.45, 7) is 10.9. The zero-order valence-corrected chi connectivity index (χ0v) is 23.8. The van der Waals surface area contributed by atoms with Crippen LogP contribution >= 0.6 is 0 Å². The molecule has 203 valence electrons. The molecule has 7 nitrogen and oxygen atoms in total. The van der Waals surface area contributed by atoms with Crippen LogP contribution in [-0.2, 0) is 4.79 Å². The van der Waals surface area contributed by atoms with Crippen LogP contribution in [0.1, 0.15) is 34.0 Å². The van der Waals surface area contributed by atoms with Crippen molar-refractivity contribution in [3.05, 3.63) is 101 Å². The maximum atomic E-state index is 14.5. The van der Waals surface area contributed by atoms with Crippen LogP contribution in [0.25, 0.3) is 0 Å². The van der Waals surface area contributed by atoms with Crippen LogP contribution in [0.4, 0.5) is 10.1 Å². The van der Waals surface area contributed by atoms with E-state index in [0.29, 0.717) is 53.9 Å². The maximum Gasteiger partial charge on any atom is 0.411 e. The fourth-order valence-electron chi connectivity index (χ4n) is 4.46. The molecule has 4 rings (SSSR count).